The Hall–Kier alpha value is -0.840. The van der Waals surface area contributed by atoms with Gasteiger partial charge in [0.2, 0.25) is 0 Å². The van der Waals surface area contributed by atoms with Gasteiger partial charge in [0.1, 0.15) is 5.15 Å². The molecule has 0 radical (unpaired) electrons. The van der Waals surface area contributed by atoms with E-state index >= 15 is 0 Å². The van der Waals surface area contributed by atoms with Gasteiger partial charge in [0, 0.05) is 13.1 Å². The van der Waals surface area contributed by atoms with E-state index in [0.29, 0.717) is 29.9 Å². The van der Waals surface area contributed by atoms with Crippen LogP contribution in [0.4, 0.5) is 0 Å². The Morgan fingerprint density at radius 2 is 2.30 bits per heavy atom. The van der Waals surface area contributed by atoms with Crippen molar-refractivity contribution in [1.82, 2.24) is 9.88 Å². The Morgan fingerprint density at radius 1 is 1.50 bits per heavy atom. The van der Waals surface area contributed by atoms with Crippen LogP contribution in [0.5, 0.6) is 0 Å². The molecule has 1 aromatic heterocycles. The summed E-state index contributed by atoms with van der Waals surface area (Å²) in [5, 5.41) is 1.04. The molecule has 2 heterocycles. The fraction of sp³-hybridized carbons (Fsp3) is 0.571. The van der Waals surface area contributed by atoms with Crippen LogP contribution in [0.25, 0.3) is 0 Å². The van der Waals surface area contributed by atoms with E-state index in [2.05, 4.69) is 9.88 Å². The van der Waals surface area contributed by atoms with E-state index in [-0.39, 0.29) is 11.9 Å². The third-order valence-electron chi connectivity index (χ3n) is 3.38. The van der Waals surface area contributed by atoms with Crippen molar-refractivity contribution in [2.24, 2.45) is 5.92 Å². The molecule has 0 aromatic carbocycles. The van der Waals surface area contributed by atoms with Crippen molar-refractivity contribution >= 4 is 29.2 Å². The molecule has 0 spiro atoms. The zero-order valence-corrected chi connectivity index (χ0v) is 13.0. The third-order valence-corrected chi connectivity index (χ3v) is 3.94. The number of piperidine rings is 1. The van der Waals surface area contributed by atoms with Gasteiger partial charge in [-0.1, -0.05) is 23.2 Å². The van der Waals surface area contributed by atoms with E-state index in [1.165, 1.54) is 0 Å². The maximum atomic E-state index is 11.8. The lowest BCUT2D eigenvalue weighted by molar-refractivity contribution is -0.150. The molecule has 1 atom stereocenters. The molecule has 1 aromatic rings. The zero-order chi connectivity index (χ0) is 14.5. The minimum Gasteiger partial charge on any atom is -0.466 e. The number of rotatable bonds is 4. The first-order chi connectivity index (χ1) is 9.60. The molecule has 0 N–H and O–H groups in total. The fourth-order valence-electron chi connectivity index (χ4n) is 2.43. The predicted octanol–water partition coefficient (Wildman–Crippen LogP) is 3.16. The van der Waals surface area contributed by atoms with Crippen molar-refractivity contribution < 1.29 is 9.53 Å². The van der Waals surface area contributed by atoms with Crippen molar-refractivity contribution in [2.45, 2.75) is 26.3 Å². The molecular formula is C14H18Cl2N2O2. The van der Waals surface area contributed by atoms with Crippen molar-refractivity contribution in [3.63, 3.8) is 0 Å². The maximum Gasteiger partial charge on any atom is 0.310 e. The van der Waals surface area contributed by atoms with Gasteiger partial charge in [-0.3, -0.25) is 9.69 Å². The van der Waals surface area contributed by atoms with Gasteiger partial charge < -0.3 is 4.74 Å². The third kappa shape index (κ3) is 4.08. The second-order valence-electron chi connectivity index (χ2n) is 4.89. The first kappa shape index (κ1) is 15.5. The number of likely N-dealkylation sites (tertiary alicyclic amines) is 1. The second-order valence-corrected chi connectivity index (χ2v) is 5.68. The molecule has 110 valence electrons. The van der Waals surface area contributed by atoms with Gasteiger partial charge in [-0.2, -0.15) is 0 Å². The van der Waals surface area contributed by atoms with E-state index in [9.17, 15) is 4.79 Å². The standard InChI is InChI=1S/C14H18Cl2N2O2/c1-2-20-14(19)10-4-3-7-18(8-10)9-12-11(15)5-6-13(16)17-12/h5-6,10H,2-4,7-9H2,1H3/t10-/m1/s1. The smallest absolute Gasteiger partial charge is 0.310 e. The number of carbonyl (C=O) groups excluding carboxylic acids is 1. The molecule has 1 aliphatic heterocycles. The van der Waals surface area contributed by atoms with Gasteiger partial charge in [0.05, 0.1) is 23.2 Å². The van der Waals surface area contributed by atoms with Crippen LogP contribution in [-0.2, 0) is 16.1 Å². The average Bonchev–Trinajstić information content (AvgIpc) is 2.43. The van der Waals surface area contributed by atoms with Gasteiger partial charge in [-0.05, 0) is 38.4 Å². The number of hydrogen-bond acceptors (Lipinski definition) is 4. The highest BCUT2D eigenvalue weighted by Crippen LogP contribution is 2.23. The molecule has 0 unspecified atom stereocenters. The van der Waals surface area contributed by atoms with E-state index in [0.717, 1.165) is 25.1 Å². The van der Waals surface area contributed by atoms with E-state index in [1.807, 2.05) is 6.92 Å². The fourth-order valence-corrected chi connectivity index (χ4v) is 2.76. The molecule has 1 saturated heterocycles. The summed E-state index contributed by atoms with van der Waals surface area (Å²) >= 11 is 12.0. The van der Waals surface area contributed by atoms with Crippen LogP contribution in [-0.4, -0.2) is 35.5 Å². The Morgan fingerprint density at radius 3 is 3.05 bits per heavy atom. The number of aromatic nitrogens is 1. The summed E-state index contributed by atoms with van der Waals surface area (Å²) in [6.07, 6.45) is 1.85. The topological polar surface area (TPSA) is 42.4 Å². The summed E-state index contributed by atoms with van der Waals surface area (Å²) in [6.45, 7) is 4.48. The first-order valence-corrected chi connectivity index (χ1v) is 7.55. The number of ether oxygens (including phenoxy) is 1. The van der Waals surface area contributed by atoms with Crippen LogP contribution in [0.1, 0.15) is 25.5 Å². The van der Waals surface area contributed by atoms with Gasteiger partial charge in [-0.15, -0.1) is 0 Å². The number of nitrogens with zero attached hydrogens (tertiary/aromatic N) is 2. The highest BCUT2D eigenvalue weighted by atomic mass is 35.5. The molecule has 0 saturated carbocycles. The summed E-state index contributed by atoms with van der Waals surface area (Å²) in [4.78, 5) is 18.2. The van der Waals surface area contributed by atoms with Gasteiger partial charge >= 0.3 is 5.97 Å². The largest absolute Gasteiger partial charge is 0.466 e. The molecule has 4 nitrogen and oxygen atoms in total. The highest BCUT2D eigenvalue weighted by Gasteiger charge is 2.27. The molecule has 0 amide bonds. The molecule has 2 rings (SSSR count). The Labute approximate surface area is 129 Å². The van der Waals surface area contributed by atoms with E-state index in [4.69, 9.17) is 27.9 Å². The van der Waals surface area contributed by atoms with Crippen LogP contribution < -0.4 is 0 Å². The number of carbonyl (C=O) groups is 1. The highest BCUT2D eigenvalue weighted by molar-refractivity contribution is 6.32. The van der Waals surface area contributed by atoms with Crippen LogP contribution >= 0.6 is 23.2 Å². The second kappa shape index (κ2) is 7.25. The minimum atomic E-state index is -0.109. The maximum absolute atomic E-state index is 11.8. The summed E-state index contributed by atoms with van der Waals surface area (Å²) in [7, 11) is 0. The summed E-state index contributed by atoms with van der Waals surface area (Å²) < 4.78 is 5.09. The lowest BCUT2D eigenvalue weighted by Crippen LogP contribution is -2.39. The van der Waals surface area contributed by atoms with E-state index in [1.54, 1.807) is 12.1 Å². The lowest BCUT2D eigenvalue weighted by Gasteiger charge is -2.31. The molecule has 20 heavy (non-hydrogen) atoms. The Balaban J connectivity index is 1.99. The van der Waals surface area contributed by atoms with Crippen LogP contribution in [0.3, 0.4) is 0 Å². The van der Waals surface area contributed by atoms with Gasteiger partial charge in [0.25, 0.3) is 0 Å². The number of esters is 1. The monoisotopic (exact) mass is 316 g/mol. The molecule has 1 aliphatic rings. The number of halogens is 2. The van der Waals surface area contributed by atoms with Crippen molar-refractivity contribution in [2.75, 3.05) is 19.7 Å². The molecular weight excluding hydrogens is 299 g/mol. The quantitative estimate of drug-likeness (QED) is 0.632. The molecule has 0 aliphatic carbocycles. The minimum absolute atomic E-state index is 0.0540. The SMILES string of the molecule is CCOC(=O)[C@@H]1CCCN(Cc2nc(Cl)ccc2Cl)C1. The zero-order valence-electron chi connectivity index (χ0n) is 11.4. The lowest BCUT2D eigenvalue weighted by atomic mass is 9.98. The van der Waals surface area contributed by atoms with Crippen molar-refractivity contribution in [1.29, 1.82) is 0 Å². The predicted molar refractivity (Wildman–Crippen MR) is 78.9 cm³/mol. The van der Waals surface area contributed by atoms with E-state index < -0.39 is 0 Å². The van der Waals surface area contributed by atoms with Crippen molar-refractivity contribution in [3.05, 3.63) is 28.0 Å². The van der Waals surface area contributed by atoms with Crippen LogP contribution in [0.2, 0.25) is 10.2 Å². The van der Waals surface area contributed by atoms with Crippen LogP contribution in [0.15, 0.2) is 12.1 Å². The average molecular weight is 317 g/mol. The van der Waals surface area contributed by atoms with Gasteiger partial charge in [-0.25, -0.2) is 4.98 Å². The molecule has 6 heteroatoms. The van der Waals surface area contributed by atoms with Crippen LogP contribution in [0, 0.1) is 5.92 Å². The summed E-state index contributed by atoms with van der Waals surface area (Å²) in [6, 6.07) is 3.42. The molecule has 1 fully saturated rings. The first-order valence-electron chi connectivity index (χ1n) is 6.80. The normalized spacial score (nSPS) is 19.9. The van der Waals surface area contributed by atoms with Gasteiger partial charge in [0.15, 0.2) is 0 Å². The molecule has 0 bridgehead atoms. The Kier molecular flexibility index (Phi) is 5.64. The number of hydrogen-bond donors (Lipinski definition) is 0. The van der Waals surface area contributed by atoms with Crippen molar-refractivity contribution in [3.8, 4) is 0 Å². The Bertz CT molecular complexity index is 482. The summed E-state index contributed by atoms with van der Waals surface area (Å²) in [5.74, 6) is -0.163. The number of pyridine rings is 1. The summed E-state index contributed by atoms with van der Waals surface area (Å²) in [5.41, 5.74) is 0.753.